The Hall–Kier alpha value is -1.10. The molecule has 20 heavy (non-hydrogen) atoms. The van der Waals surface area contributed by atoms with E-state index in [4.69, 9.17) is 5.73 Å². The first-order chi connectivity index (χ1) is 9.38. The molecule has 0 radical (unpaired) electrons. The van der Waals surface area contributed by atoms with Crippen molar-refractivity contribution in [2.24, 2.45) is 11.7 Å². The van der Waals surface area contributed by atoms with Gasteiger partial charge in [0.15, 0.2) is 0 Å². The van der Waals surface area contributed by atoms with Crippen molar-refractivity contribution >= 4 is 11.8 Å². The summed E-state index contributed by atoms with van der Waals surface area (Å²) in [5.74, 6) is -0.0786. The van der Waals surface area contributed by atoms with Crippen LogP contribution in [0.1, 0.15) is 52.4 Å². The lowest BCUT2D eigenvalue weighted by Crippen LogP contribution is -2.50. The minimum atomic E-state index is -0.443. The van der Waals surface area contributed by atoms with E-state index < -0.39 is 5.91 Å². The second-order valence-corrected chi connectivity index (χ2v) is 6.40. The molecule has 0 heterocycles. The SMILES string of the molecule is CNC1(CC(=O)N(CC(N)=O)CC(C)C)CCCCC1. The van der Waals surface area contributed by atoms with E-state index in [0.29, 0.717) is 18.9 Å². The lowest BCUT2D eigenvalue weighted by atomic mass is 9.79. The van der Waals surface area contributed by atoms with Crippen molar-refractivity contribution in [1.82, 2.24) is 10.2 Å². The molecule has 116 valence electrons. The fourth-order valence-electron chi connectivity index (χ4n) is 3.03. The third kappa shape index (κ3) is 5.12. The van der Waals surface area contributed by atoms with Gasteiger partial charge in [-0.2, -0.15) is 0 Å². The Labute approximate surface area is 122 Å². The van der Waals surface area contributed by atoms with E-state index in [1.165, 1.54) is 6.42 Å². The highest BCUT2D eigenvalue weighted by atomic mass is 16.2. The molecule has 1 aliphatic rings. The number of hydrogen-bond acceptors (Lipinski definition) is 3. The van der Waals surface area contributed by atoms with Gasteiger partial charge in [-0.05, 0) is 25.8 Å². The highest BCUT2D eigenvalue weighted by molar-refractivity contribution is 5.84. The van der Waals surface area contributed by atoms with Crippen LogP contribution in [0.15, 0.2) is 0 Å². The summed E-state index contributed by atoms with van der Waals surface area (Å²) in [7, 11) is 1.93. The lowest BCUT2D eigenvalue weighted by Gasteiger charge is -2.38. The van der Waals surface area contributed by atoms with Crippen LogP contribution >= 0.6 is 0 Å². The summed E-state index contributed by atoms with van der Waals surface area (Å²) in [6.07, 6.45) is 6.09. The minimum absolute atomic E-state index is 0.0246. The van der Waals surface area contributed by atoms with Gasteiger partial charge in [-0.15, -0.1) is 0 Å². The second-order valence-electron chi connectivity index (χ2n) is 6.40. The molecule has 0 unspecified atom stereocenters. The van der Waals surface area contributed by atoms with Gasteiger partial charge in [-0.1, -0.05) is 33.1 Å². The van der Waals surface area contributed by atoms with Crippen molar-refractivity contribution < 1.29 is 9.59 Å². The molecular weight excluding hydrogens is 254 g/mol. The lowest BCUT2D eigenvalue weighted by molar-refractivity contribution is -0.137. The highest BCUT2D eigenvalue weighted by Gasteiger charge is 2.34. The van der Waals surface area contributed by atoms with Gasteiger partial charge in [0.2, 0.25) is 11.8 Å². The molecule has 0 bridgehead atoms. The molecule has 1 rings (SSSR count). The summed E-state index contributed by atoms with van der Waals surface area (Å²) in [5.41, 5.74) is 5.16. The Balaban J connectivity index is 2.69. The first-order valence-electron chi connectivity index (χ1n) is 7.63. The van der Waals surface area contributed by atoms with Gasteiger partial charge < -0.3 is 16.0 Å². The van der Waals surface area contributed by atoms with Crippen LogP contribution in [-0.2, 0) is 9.59 Å². The largest absolute Gasteiger partial charge is 0.368 e. The Morgan fingerprint density at radius 3 is 2.30 bits per heavy atom. The van der Waals surface area contributed by atoms with Gasteiger partial charge >= 0.3 is 0 Å². The Kier molecular flexibility index (Phi) is 6.46. The van der Waals surface area contributed by atoms with Crippen LogP contribution in [0.4, 0.5) is 0 Å². The van der Waals surface area contributed by atoms with E-state index in [1.54, 1.807) is 4.90 Å². The van der Waals surface area contributed by atoms with Crippen LogP contribution in [0.5, 0.6) is 0 Å². The Bertz CT molecular complexity index is 336. The average molecular weight is 283 g/mol. The molecule has 1 saturated carbocycles. The summed E-state index contributed by atoms with van der Waals surface area (Å²) in [6, 6.07) is 0. The van der Waals surface area contributed by atoms with Gasteiger partial charge in [-0.25, -0.2) is 0 Å². The molecule has 0 saturated heterocycles. The normalized spacial score (nSPS) is 18.0. The summed E-state index contributed by atoms with van der Waals surface area (Å²) in [6.45, 7) is 4.68. The molecule has 1 fully saturated rings. The molecule has 0 spiro atoms. The predicted molar refractivity (Wildman–Crippen MR) is 80.1 cm³/mol. The van der Waals surface area contributed by atoms with Crippen molar-refractivity contribution in [3.8, 4) is 0 Å². The van der Waals surface area contributed by atoms with Crippen molar-refractivity contribution in [1.29, 1.82) is 0 Å². The van der Waals surface area contributed by atoms with E-state index in [0.717, 1.165) is 25.7 Å². The number of hydrogen-bond donors (Lipinski definition) is 2. The minimum Gasteiger partial charge on any atom is -0.368 e. The van der Waals surface area contributed by atoms with E-state index in [-0.39, 0.29) is 18.0 Å². The molecule has 1 aliphatic carbocycles. The highest BCUT2D eigenvalue weighted by Crippen LogP contribution is 2.31. The van der Waals surface area contributed by atoms with Crippen LogP contribution in [0.3, 0.4) is 0 Å². The molecule has 5 nitrogen and oxygen atoms in total. The smallest absolute Gasteiger partial charge is 0.237 e. The van der Waals surface area contributed by atoms with Crippen LogP contribution in [0.25, 0.3) is 0 Å². The summed E-state index contributed by atoms with van der Waals surface area (Å²) in [4.78, 5) is 25.3. The number of carbonyl (C=O) groups excluding carboxylic acids is 2. The van der Waals surface area contributed by atoms with Crippen molar-refractivity contribution in [2.45, 2.75) is 57.9 Å². The number of nitrogens with zero attached hydrogens (tertiary/aromatic N) is 1. The fraction of sp³-hybridized carbons (Fsp3) is 0.867. The van der Waals surface area contributed by atoms with E-state index >= 15 is 0 Å². The van der Waals surface area contributed by atoms with Crippen molar-refractivity contribution in [2.75, 3.05) is 20.1 Å². The van der Waals surface area contributed by atoms with Gasteiger partial charge in [0.25, 0.3) is 0 Å². The molecular formula is C15H29N3O2. The molecule has 5 heteroatoms. The van der Waals surface area contributed by atoms with Crippen LogP contribution < -0.4 is 11.1 Å². The van der Waals surface area contributed by atoms with Crippen LogP contribution in [0, 0.1) is 5.92 Å². The third-order valence-electron chi connectivity index (χ3n) is 4.12. The Morgan fingerprint density at radius 2 is 1.85 bits per heavy atom. The van der Waals surface area contributed by atoms with Crippen molar-refractivity contribution in [3.63, 3.8) is 0 Å². The van der Waals surface area contributed by atoms with Gasteiger partial charge in [0.05, 0.1) is 6.54 Å². The van der Waals surface area contributed by atoms with E-state index in [1.807, 2.05) is 20.9 Å². The molecule has 0 aromatic heterocycles. The zero-order valence-electron chi connectivity index (χ0n) is 13.1. The molecule has 2 amide bonds. The number of nitrogens with one attached hydrogen (secondary N) is 1. The third-order valence-corrected chi connectivity index (χ3v) is 4.12. The number of carbonyl (C=O) groups is 2. The number of nitrogens with two attached hydrogens (primary N) is 1. The Morgan fingerprint density at radius 1 is 1.25 bits per heavy atom. The summed E-state index contributed by atoms with van der Waals surface area (Å²) >= 11 is 0. The molecule has 0 aromatic carbocycles. The number of primary amides is 1. The van der Waals surface area contributed by atoms with E-state index in [2.05, 4.69) is 5.32 Å². The predicted octanol–water partition coefficient (Wildman–Crippen LogP) is 1.27. The summed E-state index contributed by atoms with van der Waals surface area (Å²) < 4.78 is 0. The first-order valence-corrected chi connectivity index (χ1v) is 7.63. The van der Waals surface area contributed by atoms with Gasteiger partial charge in [-0.3, -0.25) is 9.59 Å². The topological polar surface area (TPSA) is 75.4 Å². The summed E-state index contributed by atoms with van der Waals surface area (Å²) in [5, 5.41) is 3.35. The molecule has 0 atom stereocenters. The van der Waals surface area contributed by atoms with Crippen LogP contribution in [-0.4, -0.2) is 42.4 Å². The first kappa shape index (κ1) is 17.0. The van der Waals surface area contributed by atoms with Crippen molar-refractivity contribution in [3.05, 3.63) is 0 Å². The molecule has 0 aromatic rings. The van der Waals surface area contributed by atoms with E-state index in [9.17, 15) is 9.59 Å². The van der Waals surface area contributed by atoms with Gasteiger partial charge in [0, 0.05) is 18.5 Å². The standard InChI is InChI=1S/C15H29N3O2/c1-12(2)10-18(11-13(16)19)14(20)9-15(17-3)7-5-4-6-8-15/h12,17H,4-11H2,1-3H3,(H2,16,19). The number of rotatable bonds is 7. The van der Waals surface area contributed by atoms with Crippen LogP contribution in [0.2, 0.25) is 0 Å². The maximum atomic E-state index is 12.5. The second kappa shape index (κ2) is 7.62. The molecule has 3 N–H and O–H groups in total. The fourth-order valence-corrected chi connectivity index (χ4v) is 3.03. The monoisotopic (exact) mass is 283 g/mol. The zero-order valence-corrected chi connectivity index (χ0v) is 13.1. The zero-order chi connectivity index (χ0) is 15.2. The van der Waals surface area contributed by atoms with Gasteiger partial charge in [0.1, 0.15) is 0 Å². The maximum absolute atomic E-state index is 12.5. The molecule has 0 aliphatic heterocycles. The maximum Gasteiger partial charge on any atom is 0.237 e. The number of amides is 2. The quantitative estimate of drug-likeness (QED) is 0.739. The average Bonchev–Trinajstić information content (AvgIpc) is 2.38.